The number of carbonyl (C=O) groups excluding carboxylic acids is 1. The molecule has 0 saturated carbocycles. The van der Waals surface area contributed by atoms with Gasteiger partial charge in [0.05, 0.1) is 17.9 Å². The molecule has 3 aromatic rings. The van der Waals surface area contributed by atoms with Gasteiger partial charge in [0.2, 0.25) is 10.0 Å². The number of likely N-dealkylation sites (N-methyl/N-ethyl adjacent to an activating group) is 1. The first-order valence-electron chi connectivity index (χ1n) is 11.8. The van der Waals surface area contributed by atoms with Crippen molar-refractivity contribution in [3.63, 3.8) is 0 Å². The van der Waals surface area contributed by atoms with Gasteiger partial charge in [0.15, 0.2) is 5.78 Å². The van der Waals surface area contributed by atoms with Crippen LogP contribution in [0.15, 0.2) is 45.9 Å². The van der Waals surface area contributed by atoms with Crippen molar-refractivity contribution in [2.24, 2.45) is 5.92 Å². The first-order chi connectivity index (χ1) is 16.4. The number of hydrogen-bond donors (Lipinski definition) is 2. The Kier molecular flexibility index (Phi) is 6.78. The zero-order valence-corrected chi connectivity index (χ0v) is 21.7. The summed E-state index contributed by atoms with van der Waals surface area (Å²) < 4.78 is 32.2. The predicted octanol–water partition coefficient (Wildman–Crippen LogP) is 3.53. The molecule has 1 aromatic carbocycles. The van der Waals surface area contributed by atoms with Gasteiger partial charge in [0.1, 0.15) is 11.8 Å². The van der Waals surface area contributed by atoms with Gasteiger partial charge in [-0.3, -0.25) is 9.59 Å². The van der Waals surface area contributed by atoms with Crippen molar-refractivity contribution < 1.29 is 17.6 Å². The third kappa shape index (κ3) is 4.98. The number of aromatic amines is 1. The molecule has 1 fully saturated rings. The highest BCUT2D eigenvalue weighted by molar-refractivity contribution is 7.88. The highest BCUT2D eigenvalue weighted by Gasteiger charge is 2.38. The van der Waals surface area contributed by atoms with Crippen LogP contribution in [0, 0.1) is 5.92 Å². The molecular weight excluding hydrogens is 466 g/mol. The first-order valence-corrected chi connectivity index (χ1v) is 13.7. The normalized spacial score (nSPS) is 18.2. The number of carbonyl (C=O) groups is 1. The minimum atomic E-state index is -3.62. The summed E-state index contributed by atoms with van der Waals surface area (Å²) in [6.07, 6.45) is 5.74. The third-order valence-corrected chi connectivity index (χ3v) is 8.11. The van der Waals surface area contributed by atoms with Crippen LogP contribution >= 0.6 is 0 Å². The Hall–Kier alpha value is -2.75. The maximum atomic E-state index is 14.0. The summed E-state index contributed by atoms with van der Waals surface area (Å²) in [5.41, 5.74) is 2.35. The summed E-state index contributed by atoms with van der Waals surface area (Å²) in [6.45, 7) is 7.53. The lowest BCUT2D eigenvalue weighted by atomic mass is 9.82. The molecule has 1 aliphatic heterocycles. The molecule has 0 bridgehead atoms. The molecule has 4 rings (SSSR count). The second-order valence-electron chi connectivity index (χ2n) is 10.4. The summed E-state index contributed by atoms with van der Waals surface area (Å²) in [7, 11) is -2.16. The number of sulfonamides is 1. The molecule has 188 valence electrons. The van der Waals surface area contributed by atoms with Gasteiger partial charge in [0.25, 0.3) is 5.56 Å². The van der Waals surface area contributed by atoms with Gasteiger partial charge in [-0.05, 0) is 67.1 Å². The van der Waals surface area contributed by atoms with E-state index in [4.69, 9.17) is 4.42 Å². The van der Waals surface area contributed by atoms with Crippen molar-refractivity contribution in [1.82, 2.24) is 14.6 Å². The molecule has 2 unspecified atom stereocenters. The van der Waals surface area contributed by atoms with E-state index in [-0.39, 0.29) is 22.7 Å². The van der Waals surface area contributed by atoms with E-state index < -0.39 is 16.1 Å². The summed E-state index contributed by atoms with van der Waals surface area (Å²) in [6, 6.07) is 6.35. The molecule has 3 heterocycles. The van der Waals surface area contributed by atoms with E-state index in [1.807, 2.05) is 26.8 Å². The Balaban J connectivity index is 1.92. The molecule has 1 saturated heterocycles. The van der Waals surface area contributed by atoms with Crippen molar-refractivity contribution in [3.8, 4) is 11.1 Å². The molecule has 0 spiro atoms. The second-order valence-corrected chi connectivity index (χ2v) is 12.4. The van der Waals surface area contributed by atoms with Crippen LogP contribution in [-0.2, 0) is 15.4 Å². The monoisotopic (exact) mass is 499 g/mol. The zero-order valence-electron chi connectivity index (χ0n) is 20.8. The quantitative estimate of drug-likeness (QED) is 0.502. The molecule has 35 heavy (non-hydrogen) atoms. The number of nitrogens with zero attached hydrogens (tertiary/aromatic N) is 1. The van der Waals surface area contributed by atoms with Crippen LogP contribution in [0.4, 0.5) is 0 Å². The van der Waals surface area contributed by atoms with Gasteiger partial charge in [-0.2, -0.15) is 4.31 Å². The maximum Gasteiger partial charge on any atom is 0.255 e. The topological polar surface area (TPSA) is 112 Å². The van der Waals surface area contributed by atoms with E-state index in [0.29, 0.717) is 34.2 Å². The van der Waals surface area contributed by atoms with E-state index in [1.165, 1.54) is 17.6 Å². The van der Waals surface area contributed by atoms with E-state index >= 15 is 0 Å². The number of aromatic nitrogens is 1. The fraction of sp³-hybridized carbons (Fsp3) is 0.462. The van der Waals surface area contributed by atoms with Crippen LogP contribution in [0.3, 0.4) is 0 Å². The number of hydrogen-bond acceptors (Lipinski definition) is 6. The lowest BCUT2D eigenvalue weighted by Crippen LogP contribution is -2.51. The average molecular weight is 500 g/mol. The Bertz CT molecular complexity index is 1410. The SMILES string of the molecule is CN(C(C(=O)c1coc2c(C(C)(C)C)cc(-c3ccc[nH]c3=O)cc12)C1CCCNC1)S(C)(=O)=O. The largest absolute Gasteiger partial charge is 0.463 e. The van der Waals surface area contributed by atoms with E-state index in [2.05, 4.69) is 10.3 Å². The van der Waals surface area contributed by atoms with Crippen LogP contribution in [0.25, 0.3) is 22.1 Å². The summed E-state index contributed by atoms with van der Waals surface area (Å²) in [4.78, 5) is 29.3. The van der Waals surface area contributed by atoms with Crippen LogP contribution in [-0.4, -0.2) is 55.9 Å². The van der Waals surface area contributed by atoms with Crippen molar-refractivity contribution in [3.05, 3.63) is 58.2 Å². The lowest BCUT2D eigenvalue weighted by Gasteiger charge is -2.34. The van der Waals surface area contributed by atoms with E-state index in [0.717, 1.165) is 31.2 Å². The Morgan fingerprint density at radius 1 is 1.26 bits per heavy atom. The maximum absolute atomic E-state index is 14.0. The fourth-order valence-electron chi connectivity index (χ4n) is 4.88. The third-order valence-electron chi connectivity index (χ3n) is 6.84. The standard InChI is InChI=1S/C26H33N3O5S/c1-26(2,3)21-13-17(18-9-7-11-28-25(18)31)12-19-20(15-34-24(19)21)23(30)22(29(4)35(5,32)33)16-8-6-10-27-14-16/h7,9,11-13,15-16,22,27H,6,8,10,14H2,1-5H3,(H,28,31). The number of fused-ring (bicyclic) bond motifs is 1. The van der Waals surface area contributed by atoms with Crippen LogP contribution < -0.4 is 10.9 Å². The van der Waals surface area contributed by atoms with Crippen molar-refractivity contribution >= 4 is 26.8 Å². The number of nitrogens with one attached hydrogen (secondary N) is 2. The van der Waals surface area contributed by atoms with Gasteiger partial charge in [-0.15, -0.1) is 0 Å². The number of H-pyrrole nitrogens is 1. The molecule has 1 aliphatic rings. The summed E-state index contributed by atoms with van der Waals surface area (Å²) in [5, 5.41) is 3.87. The van der Waals surface area contributed by atoms with Crippen LogP contribution in [0.5, 0.6) is 0 Å². The minimum Gasteiger partial charge on any atom is -0.463 e. The smallest absolute Gasteiger partial charge is 0.255 e. The Labute approximate surface area is 205 Å². The van der Waals surface area contributed by atoms with Crippen LogP contribution in [0.2, 0.25) is 0 Å². The molecule has 0 aliphatic carbocycles. The Morgan fingerprint density at radius 2 is 2.00 bits per heavy atom. The second kappa shape index (κ2) is 9.37. The number of benzene rings is 1. The summed E-state index contributed by atoms with van der Waals surface area (Å²) >= 11 is 0. The van der Waals surface area contributed by atoms with E-state index in [1.54, 1.807) is 24.4 Å². The van der Waals surface area contributed by atoms with Gasteiger partial charge in [-0.1, -0.05) is 20.8 Å². The summed E-state index contributed by atoms with van der Waals surface area (Å²) in [5.74, 6) is -0.465. The number of rotatable bonds is 6. The fourth-order valence-corrected chi connectivity index (χ4v) is 5.56. The number of furan rings is 1. The van der Waals surface area contributed by atoms with Crippen molar-refractivity contribution in [1.29, 1.82) is 0 Å². The van der Waals surface area contributed by atoms with E-state index in [9.17, 15) is 18.0 Å². The van der Waals surface area contributed by atoms with Crippen LogP contribution in [0.1, 0.15) is 49.5 Å². The molecule has 0 radical (unpaired) electrons. The van der Waals surface area contributed by atoms with Crippen molar-refractivity contribution in [2.75, 3.05) is 26.4 Å². The van der Waals surface area contributed by atoms with Gasteiger partial charge in [-0.25, -0.2) is 8.42 Å². The highest BCUT2D eigenvalue weighted by Crippen LogP contribution is 2.37. The number of pyridine rings is 1. The number of ketones is 1. The Morgan fingerprint density at radius 3 is 2.60 bits per heavy atom. The van der Waals surface area contributed by atoms with Gasteiger partial charge >= 0.3 is 0 Å². The molecule has 2 atom stereocenters. The molecule has 0 amide bonds. The van der Waals surface area contributed by atoms with Crippen molar-refractivity contribution in [2.45, 2.75) is 45.1 Å². The number of piperidine rings is 1. The van der Waals surface area contributed by atoms with Gasteiger partial charge in [0, 0.05) is 29.8 Å². The average Bonchev–Trinajstić information content (AvgIpc) is 3.22. The molecular formula is C26H33N3O5S. The molecule has 2 aromatic heterocycles. The zero-order chi connectivity index (χ0) is 25.5. The highest BCUT2D eigenvalue weighted by atomic mass is 32.2. The molecule has 9 heteroatoms. The minimum absolute atomic E-state index is 0.164. The van der Waals surface area contributed by atoms with Gasteiger partial charge < -0.3 is 14.7 Å². The number of Topliss-reactive ketones (excluding diaryl/α,β-unsaturated/α-hetero) is 1. The predicted molar refractivity (Wildman–Crippen MR) is 137 cm³/mol. The first kappa shape index (κ1) is 25.3. The molecule has 8 nitrogen and oxygen atoms in total. The molecule has 2 N–H and O–H groups in total. The lowest BCUT2D eigenvalue weighted by molar-refractivity contribution is 0.0837.